The first kappa shape index (κ1) is 15.1. The lowest BCUT2D eigenvalue weighted by molar-refractivity contribution is 0.0956. The van der Waals surface area contributed by atoms with Gasteiger partial charge in [0.1, 0.15) is 4.88 Å². The molecule has 0 aliphatic heterocycles. The van der Waals surface area contributed by atoms with Gasteiger partial charge in [0.05, 0.1) is 10.7 Å². The quantitative estimate of drug-likeness (QED) is 0.744. The van der Waals surface area contributed by atoms with Crippen LogP contribution in [-0.4, -0.2) is 31.0 Å². The maximum Gasteiger partial charge on any atom is 0.263 e. The molecule has 5 heteroatoms. The molecular weight excluding hydrogens is 246 g/mol. The maximum absolute atomic E-state index is 12.1. The molecule has 2 N–H and O–H groups in total. The van der Waals surface area contributed by atoms with E-state index in [1.165, 1.54) is 11.3 Å². The Balaban J connectivity index is 2.60. The van der Waals surface area contributed by atoms with Crippen LogP contribution >= 0.6 is 11.3 Å². The molecule has 0 bridgehead atoms. The number of nitrogens with zero attached hydrogens (tertiary/aromatic N) is 1. The number of aromatic nitrogens is 1. The Labute approximate surface area is 113 Å². The molecule has 0 spiro atoms. The SMILES string of the molecule is CNCCCNC(=O)c1sc(C)nc1CC(C)C. The van der Waals surface area contributed by atoms with Gasteiger partial charge in [-0.3, -0.25) is 4.79 Å². The number of hydrogen-bond acceptors (Lipinski definition) is 4. The van der Waals surface area contributed by atoms with Crippen molar-refractivity contribution in [1.29, 1.82) is 0 Å². The van der Waals surface area contributed by atoms with Crippen LogP contribution in [0.2, 0.25) is 0 Å². The first-order valence-corrected chi connectivity index (χ1v) is 7.25. The first-order valence-electron chi connectivity index (χ1n) is 6.43. The summed E-state index contributed by atoms with van der Waals surface area (Å²) in [5.41, 5.74) is 0.943. The van der Waals surface area contributed by atoms with Crippen molar-refractivity contribution in [2.45, 2.75) is 33.6 Å². The summed E-state index contributed by atoms with van der Waals surface area (Å²) in [6.45, 7) is 7.86. The average molecular weight is 269 g/mol. The number of nitrogens with one attached hydrogen (secondary N) is 2. The molecule has 4 nitrogen and oxygen atoms in total. The van der Waals surface area contributed by atoms with Crippen LogP contribution in [0, 0.1) is 12.8 Å². The molecule has 0 aliphatic rings. The topological polar surface area (TPSA) is 54.0 Å². The standard InChI is InChI=1S/C13H23N3OS/c1-9(2)8-11-12(18-10(3)16-11)13(17)15-7-5-6-14-4/h9,14H,5-8H2,1-4H3,(H,15,17). The van der Waals surface area contributed by atoms with Crippen molar-refractivity contribution in [3.8, 4) is 0 Å². The summed E-state index contributed by atoms with van der Waals surface area (Å²) in [6.07, 6.45) is 1.81. The number of rotatable bonds is 7. The van der Waals surface area contributed by atoms with Crippen molar-refractivity contribution in [3.05, 3.63) is 15.6 Å². The summed E-state index contributed by atoms with van der Waals surface area (Å²) in [6, 6.07) is 0. The van der Waals surface area contributed by atoms with Crippen LogP contribution < -0.4 is 10.6 Å². The van der Waals surface area contributed by atoms with Crippen molar-refractivity contribution in [1.82, 2.24) is 15.6 Å². The highest BCUT2D eigenvalue weighted by Crippen LogP contribution is 2.20. The van der Waals surface area contributed by atoms with Crippen molar-refractivity contribution >= 4 is 17.2 Å². The van der Waals surface area contributed by atoms with Gasteiger partial charge in [-0.05, 0) is 39.3 Å². The Morgan fingerprint density at radius 3 is 2.72 bits per heavy atom. The van der Waals surface area contributed by atoms with Gasteiger partial charge in [-0.25, -0.2) is 4.98 Å². The monoisotopic (exact) mass is 269 g/mol. The van der Waals surface area contributed by atoms with Gasteiger partial charge in [0, 0.05) is 6.54 Å². The van der Waals surface area contributed by atoms with E-state index < -0.39 is 0 Å². The zero-order chi connectivity index (χ0) is 13.5. The Hall–Kier alpha value is -0.940. The lowest BCUT2D eigenvalue weighted by Gasteiger charge is -2.06. The van der Waals surface area contributed by atoms with Crippen LogP contribution in [0.1, 0.15) is 40.6 Å². The molecule has 0 fully saturated rings. The molecule has 1 aromatic rings. The molecule has 0 saturated carbocycles. The number of hydrogen-bond donors (Lipinski definition) is 2. The van der Waals surface area contributed by atoms with Gasteiger partial charge in [-0.2, -0.15) is 0 Å². The van der Waals surface area contributed by atoms with E-state index in [-0.39, 0.29) is 5.91 Å². The molecule has 0 aromatic carbocycles. The minimum atomic E-state index is 0.0207. The smallest absolute Gasteiger partial charge is 0.263 e. The Kier molecular flexibility index (Phi) is 6.29. The zero-order valence-corrected chi connectivity index (χ0v) is 12.5. The van der Waals surface area contributed by atoms with Crippen molar-refractivity contribution in [3.63, 3.8) is 0 Å². The fourth-order valence-corrected chi connectivity index (χ4v) is 2.58. The third kappa shape index (κ3) is 4.74. The molecule has 1 aromatic heterocycles. The van der Waals surface area contributed by atoms with Crippen LogP contribution in [0.4, 0.5) is 0 Å². The highest BCUT2D eigenvalue weighted by atomic mass is 32.1. The van der Waals surface area contributed by atoms with Gasteiger partial charge in [0.2, 0.25) is 0 Å². The molecule has 0 atom stereocenters. The van der Waals surface area contributed by atoms with Crippen LogP contribution in [0.3, 0.4) is 0 Å². The van der Waals surface area contributed by atoms with E-state index in [0.717, 1.165) is 35.0 Å². The van der Waals surface area contributed by atoms with Gasteiger partial charge in [0.15, 0.2) is 0 Å². The van der Waals surface area contributed by atoms with Crippen LogP contribution in [0.15, 0.2) is 0 Å². The number of thiazole rings is 1. The number of amides is 1. The third-order valence-corrected chi connectivity index (χ3v) is 3.51. The van der Waals surface area contributed by atoms with Crippen LogP contribution in [0.5, 0.6) is 0 Å². The summed E-state index contributed by atoms with van der Waals surface area (Å²) in [4.78, 5) is 17.3. The summed E-state index contributed by atoms with van der Waals surface area (Å²) < 4.78 is 0. The van der Waals surface area contributed by atoms with E-state index in [1.807, 2.05) is 14.0 Å². The Bertz CT molecular complexity index is 388. The fourth-order valence-electron chi connectivity index (χ4n) is 1.72. The lowest BCUT2D eigenvalue weighted by atomic mass is 10.1. The highest BCUT2D eigenvalue weighted by molar-refractivity contribution is 7.13. The van der Waals surface area contributed by atoms with E-state index in [0.29, 0.717) is 12.5 Å². The van der Waals surface area contributed by atoms with Crippen molar-refractivity contribution in [2.75, 3.05) is 20.1 Å². The predicted octanol–water partition coefficient (Wildman–Crippen LogP) is 1.99. The maximum atomic E-state index is 12.1. The second-order valence-electron chi connectivity index (χ2n) is 4.82. The average Bonchev–Trinajstić information content (AvgIpc) is 2.64. The number of aryl methyl sites for hydroxylation is 1. The van der Waals surface area contributed by atoms with E-state index in [4.69, 9.17) is 0 Å². The normalized spacial score (nSPS) is 10.9. The van der Waals surface area contributed by atoms with E-state index >= 15 is 0 Å². The molecule has 1 heterocycles. The Morgan fingerprint density at radius 1 is 1.39 bits per heavy atom. The number of carbonyl (C=O) groups excluding carboxylic acids is 1. The molecule has 0 saturated heterocycles. The van der Waals surface area contributed by atoms with Crippen molar-refractivity contribution in [2.24, 2.45) is 5.92 Å². The lowest BCUT2D eigenvalue weighted by Crippen LogP contribution is -2.26. The van der Waals surface area contributed by atoms with Gasteiger partial charge in [-0.1, -0.05) is 13.8 Å². The first-order chi connectivity index (χ1) is 8.54. The minimum Gasteiger partial charge on any atom is -0.351 e. The second kappa shape index (κ2) is 7.48. The molecule has 1 amide bonds. The molecule has 1 rings (SSSR count). The van der Waals surface area contributed by atoms with E-state index in [1.54, 1.807) is 0 Å². The largest absolute Gasteiger partial charge is 0.351 e. The fraction of sp³-hybridized carbons (Fsp3) is 0.692. The summed E-state index contributed by atoms with van der Waals surface area (Å²) in [7, 11) is 1.91. The van der Waals surface area contributed by atoms with E-state index in [2.05, 4.69) is 29.5 Å². The van der Waals surface area contributed by atoms with Gasteiger partial charge < -0.3 is 10.6 Å². The summed E-state index contributed by atoms with van der Waals surface area (Å²) in [5, 5.41) is 6.98. The highest BCUT2D eigenvalue weighted by Gasteiger charge is 2.16. The van der Waals surface area contributed by atoms with Gasteiger partial charge in [-0.15, -0.1) is 11.3 Å². The molecule has 102 valence electrons. The summed E-state index contributed by atoms with van der Waals surface area (Å²) >= 11 is 1.49. The molecular formula is C13H23N3OS. The van der Waals surface area contributed by atoms with Crippen LogP contribution in [-0.2, 0) is 6.42 Å². The molecule has 0 unspecified atom stereocenters. The Morgan fingerprint density at radius 2 is 2.11 bits per heavy atom. The predicted molar refractivity (Wildman–Crippen MR) is 76.3 cm³/mol. The minimum absolute atomic E-state index is 0.0207. The molecule has 0 aliphatic carbocycles. The van der Waals surface area contributed by atoms with Crippen molar-refractivity contribution < 1.29 is 4.79 Å². The van der Waals surface area contributed by atoms with Gasteiger partial charge >= 0.3 is 0 Å². The second-order valence-corrected chi connectivity index (χ2v) is 6.02. The number of carbonyl (C=O) groups is 1. The van der Waals surface area contributed by atoms with E-state index in [9.17, 15) is 4.79 Å². The van der Waals surface area contributed by atoms with Gasteiger partial charge in [0.25, 0.3) is 5.91 Å². The zero-order valence-electron chi connectivity index (χ0n) is 11.7. The summed E-state index contributed by atoms with van der Waals surface area (Å²) in [5.74, 6) is 0.537. The third-order valence-electron chi connectivity index (χ3n) is 2.50. The molecule has 0 radical (unpaired) electrons. The molecule has 18 heavy (non-hydrogen) atoms. The van der Waals surface area contributed by atoms with Crippen LogP contribution in [0.25, 0.3) is 0 Å².